The summed E-state index contributed by atoms with van der Waals surface area (Å²) < 4.78 is 1.25. The Labute approximate surface area is 125 Å². The first-order valence-corrected chi connectivity index (χ1v) is 8.17. The molecular weight excluding hydrogens is 300 g/mol. The molecule has 3 heteroatoms. The zero-order valence-corrected chi connectivity index (χ0v) is 13.7. The highest BCUT2D eigenvalue weighted by Crippen LogP contribution is 2.22. The van der Waals surface area contributed by atoms with Gasteiger partial charge in [-0.1, -0.05) is 48.3 Å². The van der Waals surface area contributed by atoms with Crippen LogP contribution in [0.4, 0.5) is 0 Å². The van der Waals surface area contributed by atoms with Crippen LogP contribution >= 0.6 is 15.9 Å². The van der Waals surface area contributed by atoms with E-state index >= 15 is 0 Å². The maximum absolute atomic E-state index is 3.73. The van der Waals surface area contributed by atoms with Crippen molar-refractivity contribution in [1.82, 2.24) is 10.2 Å². The molecule has 1 fully saturated rings. The molecule has 0 aromatic heterocycles. The van der Waals surface area contributed by atoms with Crippen LogP contribution in [0.25, 0.3) is 0 Å². The molecule has 0 amide bonds. The summed E-state index contributed by atoms with van der Waals surface area (Å²) in [5.41, 5.74) is 2.76. The van der Waals surface area contributed by atoms with Gasteiger partial charge in [0.05, 0.1) is 0 Å². The van der Waals surface area contributed by atoms with E-state index in [1.165, 1.54) is 48.0 Å². The predicted molar refractivity (Wildman–Crippen MR) is 85.2 cm³/mol. The summed E-state index contributed by atoms with van der Waals surface area (Å²) in [7, 11) is 0. The Bertz CT molecular complexity index is 398. The highest BCUT2D eigenvalue weighted by Gasteiger charge is 2.12. The first-order valence-electron chi connectivity index (χ1n) is 7.38. The van der Waals surface area contributed by atoms with Crippen molar-refractivity contribution in [2.45, 2.75) is 52.2 Å². The lowest BCUT2D eigenvalue weighted by atomic mass is 10.1. The van der Waals surface area contributed by atoms with Gasteiger partial charge in [0.25, 0.3) is 0 Å². The molecule has 1 N–H and O–H groups in total. The monoisotopic (exact) mass is 324 g/mol. The summed E-state index contributed by atoms with van der Waals surface area (Å²) in [4.78, 5) is 2.57. The standard InChI is InChI=1S/C16H25BrN2/c1-13(2)18-11-14-6-7-15(16(17)10-14)12-19-8-4-3-5-9-19/h6-7,10,13,18H,3-5,8-9,11-12H2,1-2H3. The van der Waals surface area contributed by atoms with E-state index in [4.69, 9.17) is 0 Å². The molecule has 1 aliphatic heterocycles. The van der Waals surface area contributed by atoms with E-state index in [0.717, 1.165) is 13.1 Å². The molecule has 19 heavy (non-hydrogen) atoms. The minimum Gasteiger partial charge on any atom is -0.310 e. The third-order valence-electron chi connectivity index (χ3n) is 3.67. The number of nitrogens with zero attached hydrogens (tertiary/aromatic N) is 1. The number of rotatable bonds is 5. The summed E-state index contributed by atoms with van der Waals surface area (Å²) in [6.07, 6.45) is 4.11. The molecule has 0 aliphatic carbocycles. The van der Waals surface area contributed by atoms with E-state index in [1.54, 1.807) is 0 Å². The van der Waals surface area contributed by atoms with Crippen molar-refractivity contribution < 1.29 is 0 Å². The van der Waals surface area contributed by atoms with Gasteiger partial charge < -0.3 is 5.32 Å². The molecule has 1 aromatic carbocycles. The second-order valence-electron chi connectivity index (χ2n) is 5.80. The fourth-order valence-corrected chi connectivity index (χ4v) is 3.06. The average Bonchev–Trinajstić information content (AvgIpc) is 2.40. The van der Waals surface area contributed by atoms with Crippen LogP contribution in [0.3, 0.4) is 0 Å². The number of benzene rings is 1. The molecule has 1 saturated heterocycles. The number of halogens is 1. The van der Waals surface area contributed by atoms with Crippen LogP contribution in [0.15, 0.2) is 22.7 Å². The molecule has 1 aliphatic rings. The Balaban J connectivity index is 1.94. The zero-order valence-electron chi connectivity index (χ0n) is 12.1. The quantitative estimate of drug-likeness (QED) is 0.882. The Morgan fingerprint density at radius 1 is 1.21 bits per heavy atom. The van der Waals surface area contributed by atoms with Gasteiger partial charge in [0.2, 0.25) is 0 Å². The van der Waals surface area contributed by atoms with Gasteiger partial charge in [-0.2, -0.15) is 0 Å². The largest absolute Gasteiger partial charge is 0.310 e. The molecule has 106 valence electrons. The van der Waals surface area contributed by atoms with Crippen LogP contribution in [-0.4, -0.2) is 24.0 Å². The fourth-order valence-electron chi connectivity index (χ4n) is 2.51. The predicted octanol–water partition coefficient (Wildman–Crippen LogP) is 3.93. The number of likely N-dealkylation sites (tertiary alicyclic amines) is 1. The van der Waals surface area contributed by atoms with E-state index in [1.807, 2.05) is 0 Å². The van der Waals surface area contributed by atoms with Gasteiger partial charge in [-0.3, -0.25) is 4.90 Å². The summed E-state index contributed by atoms with van der Waals surface area (Å²) in [6, 6.07) is 7.32. The molecule has 1 heterocycles. The van der Waals surface area contributed by atoms with Crippen LogP contribution in [0.2, 0.25) is 0 Å². The van der Waals surface area contributed by atoms with Gasteiger partial charge in [0.15, 0.2) is 0 Å². The second kappa shape index (κ2) is 7.41. The Morgan fingerprint density at radius 2 is 1.95 bits per heavy atom. The number of hydrogen-bond acceptors (Lipinski definition) is 2. The third kappa shape index (κ3) is 4.90. The van der Waals surface area contributed by atoms with E-state index < -0.39 is 0 Å². The van der Waals surface area contributed by atoms with Crippen LogP contribution in [-0.2, 0) is 13.1 Å². The molecule has 0 saturated carbocycles. The molecule has 0 unspecified atom stereocenters. The van der Waals surface area contributed by atoms with Gasteiger partial charge >= 0.3 is 0 Å². The van der Waals surface area contributed by atoms with Crippen molar-refractivity contribution in [3.63, 3.8) is 0 Å². The van der Waals surface area contributed by atoms with Gasteiger partial charge in [-0.25, -0.2) is 0 Å². The molecule has 2 nitrogen and oxygen atoms in total. The number of piperidine rings is 1. The van der Waals surface area contributed by atoms with Crippen molar-refractivity contribution in [2.75, 3.05) is 13.1 Å². The number of nitrogens with one attached hydrogen (secondary N) is 1. The maximum atomic E-state index is 3.73. The lowest BCUT2D eigenvalue weighted by molar-refractivity contribution is 0.220. The van der Waals surface area contributed by atoms with Crippen LogP contribution < -0.4 is 5.32 Å². The van der Waals surface area contributed by atoms with Gasteiger partial charge in [-0.15, -0.1) is 0 Å². The SMILES string of the molecule is CC(C)NCc1ccc(CN2CCCCC2)c(Br)c1. The summed E-state index contributed by atoms with van der Waals surface area (Å²) in [5, 5.41) is 3.46. The molecular formula is C16H25BrN2. The minimum absolute atomic E-state index is 0.534. The van der Waals surface area contributed by atoms with E-state index in [-0.39, 0.29) is 0 Å². The van der Waals surface area contributed by atoms with Crippen LogP contribution in [0, 0.1) is 0 Å². The van der Waals surface area contributed by atoms with Gasteiger partial charge in [0.1, 0.15) is 0 Å². The van der Waals surface area contributed by atoms with Crippen LogP contribution in [0.1, 0.15) is 44.2 Å². The highest BCUT2D eigenvalue weighted by molar-refractivity contribution is 9.10. The number of hydrogen-bond donors (Lipinski definition) is 1. The first-order chi connectivity index (χ1) is 9.15. The topological polar surface area (TPSA) is 15.3 Å². The van der Waals surface area contributed by atoms with E-state index in [2.05, 4.69) is 58.2 Å². The second-order valence-corrected chi connectivity index (χ2v) is 6.65. The molecule has 0 spiro atoms. The fraction of sp³-hybridized carbons (Fsp3) is 0.625. The van der Waals surface area contributed by atoms with Crippen molar-refractivity contribution in [3.05, 3.63) is 33.8 Å². The molecule has 0 bridgehead atoms. The summed E-state index contributed by atoms with van der Waals surface area (Å²) in [6.45, 7) is 8.89. The smallest absolute Gasteiger partial charge is 0.0244 e. The van der Waals surface area contributed by atoms with Crippen molar-refractivity contribution in [1.29, 1.82) is 0 Å². The third-order valence-corrected chi connectivity index (χ3v) is 4.41. The highest BCUT2D eigenvalue weighted by atomic mass is 79.9. The molecule has 0 radical (unpaired) electrons. The Morgan fingerprint density at radius 3 is 2.58 bits per heavy atom. The molecule has 0 atom stereocenters. The van der Waals surface area contributed by atoms with E-state index in [0.29, 0.717) is 6.04 Å². The summed E-state index contributed by atoms with van der Waals surface area (Å²) >= 11 is 3.73. The van der Waals surface area contributed by atoms with Crippen molar-refractivity contribution in [2.24, 2.45) is 0 Å². The molecule has 2 rings (SSSR count). The van der Waals surface area contributed by atoms with Crippen molar-refractivity contribution in [3.8, 4) is 0 Å². The van der Waals surface area contributed by atoms with Crippen molar-refractivity contribution >= 4 is 15.9 Å². The average molecular weight is 325 g/mol. The van der Waals surface area contributed by atoms with E-state index in [9.17, 15) is 0 Å². The Kier molecular flexibility index (Phi) is 5.86. The molecule has 1 aromatic rings. The van der Waals surface area contributed by atoms with Gasteiger partial charge in [-0.05, 0) is 43.1 Å². The first kappa shape index (κ1) is 15.0. The normalized spacial score (nSPS) is 17.1. The van der Waals surface area contributed by atoms with Crippen LogP contribution in [0.5, 0.6) is 0 Å². The lowest BCUT2D eigenvalue weighted by Crippen LogP contribution is -2.29. The minimum atomic E-state index is 0.534. The lowest BCUT2D eigenvalue weighted by Gasteiger charge is -2.27. The Hall–Kier alpha value is -0.380. The zero-order chi connectivity index (χ0) is 13.7. The maximum Gasteiger partial charge on any atom is 0.0244 e. The summed E-state index contributed by atoms with van der Waals surface area (Å²) in [5.74, 6) is 0. The van der Waals surface area contributed by atoms with Gasteiger partial charge in [0, 0.05) is 23.6 Å².